The van der Waals surface area contributed by atoms with E-state index in [4.69, 9.17) is 4.74 Å². The van der Waals surface area contributed by atoms with Crippen molar-refractivity contribution in [2.45, 2.75) is 32.1 Å². The third-order valence-electron chi connectivity index (χ3n) is 5.67. The quantitative estimate of drug-likeness (QED) is 0.793. The van der Waals surface area contributed by atoms with Gasteiger partial charge in [-0.05, 0) is 43.0 Å². The zero-order valence-corrected chi connectivity index (χ0v) is 17.0. The number of fused-ring (bicyclic) bond motifs is 1. The molecule has 0 radical (unpaired) electrons. The Labute approximate surface area is 169 Å². The Morgan fingerprint density at radius 3 is 3.15 bits per heavy atom. The number of halogens is 1. The molecule has 6 nitrogen and oxygen atoms in total. The number of hydrogen-bond donors (Lipinski definition) is 2. The van der Waals surface area contributed by atoms with Crippen LogP contribution in [-0.2, 0) is 11.2 Å². The number of anilines is 1. The lowest BCUT2D eigenvalue weighted by atomic mass is 9.68. The average Bonchev–Trinajstić information content (AvgIpc) is 3.29. The lowest BCUT2D eigenvalue weighted by Gasteiger charge is -2.36. The van der Waals surface area contributed by atoms with E-state index in [1.165, 1.54) is 17.8 Å². The van der Waals surface area contributed by atoms with Gasteiger partial charge in [0.2, 0.25) is 11.0 Å². The van der Waals surface area contributed by atoms with E-state index in [0.717, 1.165) is 48.7 Å². The molecule has 4 rings (SSSR count). The molecule has 0 bridgehead atoms. The van der Waals surface area contributed by atoms with E-state index in [-0.39, 0.29) is 23.7 Å². The van der Waals surface area contributed by atoms with Crippen molar-refractivity contribution in [3.05, 3.63) is 34.8 Å². The number of hydrogen-bond acceptors (Lipinski definition) is 6. The fourth-order valence-electron chi connectivity index (χ4n) is 4.24. The van der Waals surface area contributed by atoms with Gasteiger partial charge in [-0.25, -0.2) is 0 Å². The van der Waals surface area contributed by atoms with Crippen LogP contribution in [0.3, 0.4) is 0 Å². The number of nitrogens with one attached hydrogen (secondary N) is 2. The predicted molar refractivity (Wildman–Crippen MR) is 109 cm³/mol. The molecule has 0 spiro atoms. The fraction of sp³-hybridized carbons (Fsp3) is 0.526. The highest BCUT2D eigenvalue weighted by atomic mass is 35.5. The van der Waals surface area contributed by atoms with E-state index in [1.54, 1.807) is 7.11 Å². The summed E-state index contributed by atoms with van der Waals surface area (Å²) in [6.45, 7) is 1.73. The SMILES string of the molecule is COc1cccc(Cc2nnc(NC(=O)[C@@]34CCCC[C@H]3CNC4)s2)c1.Cl. The highest BCUT2D eigenvalue weighted by molar-refractivity contribution is 7.15. The fourth-order valence-corrected chi connectivity index (χ4v) is 5.01. The summed E-state index contributed by atoms with van der Waals surface area (Å²) in [5.41, 5.74) is 0.848. The van der Waals surface area contributed by atoms with E-state index in [0.29, 0.717) is 17.5 Å². The molecule has 1 aromatic heterocycles. The van der Waals surface area contributed by atoms with Gasteiger partial charge in [0, 0.05) is 13.0 Å². The largest absolute Gasteiger partial charge is 0.497 e. The summed E-state index contributed by atoms with van der Waals surface area (Å²) in [4.78, 5) is 13.0. The molecule has 2 atom stereocenters. The van der Waals surface area contributed by atoms with Crippen molar-refractivity contribution in [2.75, 3.05) is 25.5 Å². The van der Waals surface area contributed by atoms with Crippen LogP contribution in [0.1, 0.15) is 36.3 Å². The Morgan fingerprint density at radius 1 is 1.41 bits per heavy atom. The third-order valence-corrected chi connectivity index (χ3v) is 6.51. The summed E-state index contributed by atoms with van der Waals surface area (Å²) >= 11 is 1.45. The lowest BCUT2D eigenvalue weighted by Crippen LogP contribution is -2.44. The highest BCUT2D eigenvalue weighted by Crippen LogP contribution is 2.44. The van der Waals surface area contributed by atoms with Crippen LogP contribution in [0.15, 0.2) is 24.3 Å². The zero-order valence-electron chi connectivity index (χ0n) is 15.4. The van der Waals surface area contributed by atoms with Crippen LogP contribution < -0.4 is 15.4 Å². The smallest absolute Gasteiger partial charge is 0.234 e. The van der Waals surface area contributed by atoms with Crippen molar-refractivity contribution in [1.82, 2.24) is 15.5 Å². The lowest BCUT2D eigenvalue weighted by molar-refractivity contribution is -0.128. The summed E-state index contributed by atoms with van der Waals surface area (Å²) in [7, 11) is 1.66. The van der Waals surface area contributed by atoms with Crippen molar-refractivity contribution < 1.29 is 9.53 Å². The Balaban J connectivity index is 0.00000210. The Kier molecular flexibility index (Phi) is 6.34. The first-order valence-electron chi connectivity index (χ1n) is 9.17. The van der Waals surface area contributed by atoms with E-state index in [1.807, 2.05) is 24.3 Å². The number of carbonyl (C=O) groups is 1. The van der Waals surface area contributed by atoms with Gasteiger partial charge in [-0.1, -0.05) is 36.3 Å². The summed E-state index contributed by atoms with van der Waals surface area (Å²) in [5.74, 6) is 1.38. The second kappa shape index (κ2) is 8.54. The van der Waals surface area contributed by atoms with E-state index in [9.17, 15) is 4.79 Å². The molecule has 2 heterocycles. The first-order chi connectivity index (χ1) is 12.7. The number of nitrogens with zero attached hydrogens (tertiary/aromatic N) is 2. The molecule has 0 unspecified atom stereocenters. The second-order valence-electron chi connectivity index (χ2n) is 7.21. The van der Waals surface area contributed by atoms with Gasteiger partial charge in [-0.3, -0.25) is 10.1 Å². The van der Waals surface area contributed by atoms with Gasteiger partial charge in [0.05, 0.1) is 12.5 Å². The average molecular weight is 409 g/mol. The molecule has 146 valence electrons. The molecule has 1 aromatic carbocycles. The van der Waals surface area contributed by atoms with E-state index in [2.05, 4.69) is 20.8 Å². The Morgan fingerprint density at radius 2 is 2.30 bits per heavy atom. The Hall–Kier alpha value is -1.70. The van der Waals surface area contributed by atoms with Gasteiger partial charge in [0.1, 0.15) is 10.8 Å². The van der Waals surface area contributed by atoms with Gasteiger partial charge < -0.3 is 10.1 Å². The van der Waals surface area contributed by atoms with Crippen LogP contribution in [0, 0.1) is 11.3 Å². The van der Waals surface area contributed by atoms with E-state index < -0.39 is 0 Å². The molecular formula is C19H25ClN4O2S. The molecule has 2 fully saturated rings. The maximum atomic E-state index is 13.0. The number of ether oxygens (including phenoxy) is 1. The van der Waals surface area contributed by atoms with Gasteiger partial charge >= 0.3 is 0 Å². The second-order valence-corrected chi connectivity index (χ2v) is 8.28. The molecule has 1 aliphatic heterocycles. The molecule has 8 heteroatoms. The van der Waals surface area contributed by atoms with Crippen LogP contribution in [0.2, 0.25) is 0 Å². The monoisotopic (exact) mass is 408 g/mol. The highest BCUT2D eigenvalue weighted by Gasteiger charge is 2.50. The number of carbonyl (C=O) groups excluding carboxylic acids is 1. The predicted octanol–water partition coefficient (Wildman–Crippen LogP) is 3.28. The molecule has 2 N–H and O–H groups in total. The minimum Gasteiger partial charge on any atom is -0.497 e. The third kappa shape index (κ3) is 4.10. The molecule has 2 aliphatic rings. The molecule has 27 heavy (non-hydrogen) atoms. The number of benzene rings is 1. The van der Waals surface area contributed by atoms with Crippen molar-refractivity contribution in [1.29, 1.82) is 0 Å². The normalized spacial score (nSPS) is 24.0. The molecular weight excluding hydrogens is 384 g/mol. The molecule has 1 aliphatic carbocycles. The Bertz CT molecular complexity index is 800. The first-order valence-corrected chi connectivity index (χ1v) is 9.99. The maximum Gasteiger partial charge on any atom is 0.234 e. The van der Waals surface area contributed by atoms with Crippen molar-refractivity contribution in [3.63, 3.8) is 0 Å². The van der Waals surface area contributed by atoms with Crippen molar-refractivity contribution >= 4 is 34.8 Å². The molecule has 1 saturated carbocycles. The standard InChI is InChI=1S/C19H24N4O2S.ClH/c1-25-15-7-4-5-13(9-15)10-16-22-23-18(26-16)21-17(24)19-8-3-2-6-14(19)11-20-12-19;/h4-5,7,9,14,20H,2-3,6,8,10-12H2,1H3,(H,21,23,24);1H/t14-,19+;/m0./s1. The summed E-state index contributed by atoms with van der Waals surface area (Å²) in [6, 6.07) is 7.92. The minimum absolute atomic E-state index is 0. The van der Waals surface area contributed by atoms with E-state index >= 15 is 0 Å². The summed E-state index contributed by atoms with van der Waals surface area (Å²) in [6.07, 6.45) is 5.14. The van der Waals surface area contributed by atoms with Gasteiger partial charge in [-0.2, -0.15) is 0 Å². The van der Waals surface area contributed by atoms with Crippen LogP contribution in [0.4, 0.5) is 5.13 Å². The summed E-state index contributed by atoms with van der Waals surface area (Å²) in [5, 5.41) is 16.4. The topological polar surface area (TPSA) is 76.1 Å². The van der Waals surface area contributed by atoms with Crippen molar-refractivity contribution in [3.8, 4) is 5.75 Å². The minimum atomic E-state index is -0.267. The van der Waals surface area contributed by atoms with Gasteiger partial charge in [0.15, 0.2) is 0 Å². The zero-order chi connectivity index (χ0) is 18.0. The molecule has 1 amide bonds. The van der Waals surface area contributed by atoms with Crippen LogP contribution in [0.25, 0.3) is 0 Å². The van der Waals surface area contributed by atoms with Gasteiger partial charge in [0.25, 0.3) is 0 Å². The molecule has 2 aromatic rings. The number of aromatic nitrogens is 2. The van der Waals surface area contributed by atoms with Gasteiger partial charge in [-0.15, -0.1) is 22.6 Å². The first kappa shape index (κ1) is 20.0. The maximum absolute atomic E-state index is 13.0. The number of methoxy groups -OCH3 is 1. The molecule has 1 saturated heterocycles. The van der Waals surface area contributed by atoms with Crippen LogP contribution in [-0.4, -0.2) is 36.3 Å². The van der Waals surface area contributed by atoms with Crippen LogP contribution >= 0.6 is 23.7 Å². The number of amides is 1. The van der Waals surface area contributed by atoms with Crippen LogP contribution in [0.5, 0.6) is 5.75 Å². The summed E-state index contributed by atoms with van der Waals surface area (Å²) < 4.78 is 5.26. The van der Waals surface area contributed by atoms with Crippen molar-refractivity contribution in [2.24, 2.45) is 11.3 Å². The number of rotatable bonds is 5.